The highest BCUT2D eigenvalue weighted by Crippen LogP contribution is 2.27. The van der Waals surface area contributed by atoms with E-state index < -0.39 is 17.5 Å². The van der Waals surface area contributed by atoms with Crippen molar-refractivity contribution in [1.29, 1.82) is 0 Å². The van der Waals surface area contributed by atoms with Crippen molar-refractivity contribution in [2.75, 3.05) is 0 Å². The first kappa shape index (κ1) is 20.7. The van der Waals surface area contributed by atoms with E-state index in [9.17, 15) is 14.7 Å². The highest BCUT2D eigenvalue weighted by molar-refractivity contribution is 5.86. The molecule has 0 saturated heterocycles. The van der Waals surface area contributed by atoms with Crippen LogP contribution in [0.5, 0.6) is 0 Å². The van der Waals surface area contributed by atoms with E-state index >= 15 is 0 Å². The third kappa shape index (κ3) is 8.20. The van der Waals surface area contributed by atoms with Gasteiger partial charge in [0.25, 0.3) is 0 Å². The Kier molecular flexibility index (Phi) is 11.5. The first-order valence-electron chi connectivity index (χ1n) is 8.61. The van der Waals surface area contributed by atoms with Crippen LogP contribution in [0.15, 0.2) is 12.7 Å². The SMILES string of the molecule is C=CC(=O)OC(CCC)(CCCCCCCCCC)C(=O)O. The van der Waals surface area contributed by atoms with Crippen LogP contribution < -0.4 is 0 Å². The summed E-state index contributed by atoms with van der Waals surface area (Å²) in [6.07, 6.45) is 11.5. The summed E-state index contributed by atoms with van der Waals surface area (Å²) in [5.41, 5.74) is -1.39. The maximum atomic E-state index is 11.6. The van der Waals surface area contributed by atoms with E-state index in [0.717, 1.165) is 25.3 Å². The summed E-state index contributed by atoms with van der Waals surface area (Å²) in [6, 6.07) is 0. The number of carboxylic acid groups (broad SMARTS) is 1. The Morgan fingerprint density at radius 1 is 0.955 bits per heavy atom. The number of ether oxygens (including phenoxy) is 1. The molecule has 22 heavy (non-hydrogen) atoms. The molecule has 0 heterocycles. The fourth-order valence-electron chi connectivity index (χ4n) is 2.67. The molecular formula is C18H32O4. The standard InChI is InChI=1S/C18H32O4/c1-4-7-8-9-10-11-12-13-15-18(14-5-2,17(20)21)22-16(19)6-3/h6H,3-5,7-15H2,1-2H3,(H,20,21). The summed E-state index contributed by atoms with van der Waals surface area (Å²) in [4.78, 5) is 23.0. The molecule has 0 aromatic carbocycles. The van der Waals surface area contributed by atoms with Gasteiger partial charge in [-0.3, -0.25) is 0 Å². The summed E-state index contributed by atoms with van der Waals surface area (Å²) in [7, 11) is 0. The quantitative estimate of drug-likeness (QED) is 0.282. The zero-order valence-electron chi connectivity index (χ0n) is 14.2. The number of esters is 1. The van der Waals surface area contributed by atoms with Gasteiger partial charge in [0.05, 0.1) is 0 Å². The molecule has 0 aliphatic heterocycles. The van der Waals surface area contributed by atoms with Gasteiger partial charge in [-0.05, 0) is 19.3 Å². The van der Waals surface area contributed by atoms with Gasteiger partial charge in [0.2, 0.25) is 5.60 Å². The fraction of sp³-hybridized carbons (Fsp3) is 0.778. The summed E-state index contributed by atoms with van der Waals surface area (Å²) in [6.45, 7) is 7.44. The second kappa shape index (κ2) is 12.2. The van der Waals surface area contributed by atoms with Gasteiger partial charge < -0.3 is 9.84 Å². The monoisotopic (exact) mass is 312 g/mol. The zero-order valence-corrected chi connectivity index (χ0v) is 14.2. The maximum absolute atomic E-state index is 11.6. The molecule has 0 fully saturated rings. The van der Waals surface area contributed by atoms with Gasteiger partial charge in [-0.2, -0.15) is 0 Å². The van der Waals surface area contributed by atoms with Crippen LogP contribution in [0.2, 0.25) is 0 Å². The molecule has 0 saturated carbocycles. The largest absolute Gasteiger partial charge is 0.478 e. The summed E-state index contributed by atoms with van der Waals surface area (Å²) in [5, 5.41) is 9.49. The van der Waals surface area contributed by atoms with Gasteiger partial charge >= 0.3 is 11.9 Å². The van der Waals surface area contributed by atoms with Crippen molar-refractivity contribution in [3.05, 3.63) is 12.7 Å². The van der Waals surface area contributed by atoms with Crippen molar-refractivity contribution >= 4 is 11.9 Å². The van der Waals surface area contributed by atoms with Gasteiger partial charge in [0, 0.05) is 6.08 Å². The average molecular weight is 312 g/mol. The lowest BCUT2D eigenvalue weighted by molar-refractivity contribution is -0.177. The molecule has 128 valence electrons. The van der Waals surface area contributed by atoms with Crippen LogP contribution in [0.25, 0.3) is 0 Å². The Morgan fingerprint density at radius 2 is 1.50 bits per heavy atom. The van der Waals surface area contributed by atoms with Gasteiger partial charge in [-0.1, -0.05) is 71.8 Å². The molecule has 1 atom stereocenters. The smallest absolute Gasteiger partial charge is 0.348 e. The van der Waals surface area contributed by atoms with E-state index in [4.69, 9.17) is 4.74 Å². The number of hydrogen-bond donors (Lipinski definition) is 1. The third-order valence-electron chi connectivity index (χ3n) is 3.94. The topological polar surface area (TPSA) is 63.6 Å². The van der Waals surface area contributed by atoms with E-state index in [1.807, 2.05) is 6.92 Å². The normalized spacial score (nSPS) is 13.4. The molecule has 0 spiro atoms. The third-order valence-corrected chi connectivity index (χ3v) is 3.94. The number of aliphatic carboxylic acids is 1. The van der Waals surface area contributed by atoms with E-state index in [0.29, 0.717) is 19.3 Å². The van der Waals surface area contributed by atoms with Crippen LogP contribution >= 0.6 is 0 Å². The Balaban J connectivity index is 4.26. The van der Waals surface area contributed by atoms with Crippen molar-refractivity contribution in [3.8, 4) is 0 Å². The lowest BCUT2D eigenvalue weighted by Crippen LogP contribution is -2.43. The molecule has 0 bridgehead atoms. The number of carboxylic acids is 1. The first-order chi connectivity index (χ1) is 10.5. The maximum Gasteiger partial charge on any atom is 0.348 e. The van der Waals surface area contributed by atoms with Crippen LogP contribution in [0, 0.1) is 0 Å². The van der Waals surface area contributed by atoms with Crippen LogP contribution in [-0.2, 0) is 14.3 Å². The molecule has 0 amide bonds. The second-order valence-electron chi connectivity index (χ2n) is 5.90. The van der Waals surface area contributed by atoms with Crippen LogP contribution in [0.3, 0.4) is 0 Å². The summed E-state index contributed by atoms with van der Waals surface area (Å²) >= 11 is 0. The number of carbonyl (C=O) groups excluding carboxylic acids is 1. The highest BCUT2D eigenvalue weighted by Gasteiger charge is 2.40. The van der Waals surface area contributed by atoms with Crippen LogP contribution in [0.4, 0.5) is 0 Å². The number of hydrogen-bond acceptors (Lipinski definition) is 3. The van der Waals surface area contributed by atoms with Crippen molar-refractivity contribution in [3.63, 3.8) is 0 Å². The molecule has 4 nitrogen and oxygen atoms in total. The molecule has 0 aromatic heterocycles. The molecule has 0 radical (unpaired) electrons. The van der Waals surface area contributed by atoms with Gasteiger partial charge in [0.15, 0.2) is 0 Å². The Labute approximate surface area is 134 Å². The molecular weight excluding hydrogens is 280 g/mol. The molecule has 4 heteroatoms. The average Bonchev–Trinajstić information content (AvgIpc) is 2.49. The van der Waals surface area contributed by atoms with Gasteiger partial charge in [-0.15, -0.1) is 0 Å². The number of rotatable bonds is 14. The summed E-state index contributed by atoms with van der Waals surface area (Å²) in [5.74, 6) is -1.71. The van der Waals surface area contributed by atoms with E-state index in [2.05, 4.69) is 13.5 Å². The highest BCUT2D eigenvalue weighted by atomic mass is 16.6. The number of unbranched alkanes of at least 4 members (excludes halogenated alkanes) is 7. The Morgan fingerprint density at radius 3 is 1.95 bits per heavy atom. The molecule has 0 aliphatic rings. The molecule has 1 N–H and O–H groups in total. The molecule has 0 aliphatic carbocycles. The van der Waals surface area contributed by atoms with Crippen molar-refractivity contribution in [2.45, 2.75) is 90.1 Å². The second-order valence-corrected chi connectivity index (χ2v) is 5.90. The predicted octanol–water partition coefficient (Wildman–Crippen LogP) is 4.87. The minimum Gasteiger partial charge on any atom is -0.478 e. The first-order valence-corrected chi connectivity index (χ1v) is 8.61. The van der Waals surface area contributed by atoms with Crippen molar-refractivity contribution in [1.82, 2.24) is 0 Å². The molecule has 0 aromatic rings. The van der Waals surface area contributed by atoms with Crippen LogP contribution in [0.1, 0.15) is 84.5 Å². The van der Waals surface area contributed by atoms with Gasteiger partial charge in [-0.25, -0.2) is 9.59 Å². The zero-order chi connectivity index (χ0) is 16.8. The minimum atomic E-state index is -1.39. The van der Waals surface area contributed by atoms with Crippen molar-refractivity contribution < 1.29 is 19.4 Å². The van der Waals surface area contributed by atoms with Gasteiger partial charge in [0.1, 0.15) is 0 Å². The Hall–Kier alpha value is -1.32. The minimum absolute atomic E-state index is 0.346. The fourth-order valence-corrected chi connectivity index (χ4v) is 2.67. The lowest BCUT2D eigenvalue weighted by atomic mass is 9.90. The lowest BCUT2D eigenvalue weighted by Gasteiger charge is -2.28. The van der Waals surface area contributed by atoms with E-state index in [-0.39, 0.29) is 0 Å². The summed E-state index contributed by atoms with van der Waals surface area (Å²) < 4.78 is 5.19. The number of carbonyl (C=O) groups is 2. The molecule has 0 rings (SSSR count). The van der Waals surface area contributed by atoms with Crippen LogP contribution in [-0.4, -0.2) is 22.6 Å². The van der Waals surface area contributed by atoms with Crippen molar-refractivity contribution in [2.24, 2.45) is 0 Å². The predicted molar refractivity (Wildman–Crippen MR) is 88.8 cm³/mol. The molecule has 1 unspecified atom stereocenters. The van der Waals surface area contributed by atoms with E-state index in [1.54, 1.807) is 0 Å². The van der Waals surface area contributed by atoms with E-state index in [1.165, 1.54) is 32.1 Å². The Bertz CT molecular complexity index is 338.